The SMILES string of the molecule is CCc1ccc(-c2nc3c(c(=O)[nH]2)CN(Cc2ccccc2)CC3)o1. The largest absolute Gasteiger partial charge is 0.458 e. The average Bonchev–Trinajstić information content (AvgIpc) is 3.12. The molecule has 1 N–H and O–H groups in total. The normalized spacial score (nSPS) is 14.4. The Kier molecular flexibility index (Phi) is 4.24. The van der Waals surface area contributed by atoms with E-state index >= 15 is 0 Å². The van der Waals surface area contributed by atoms with Crippen LogP contribution in [0.2, 0.25) is 0 Å². The van der Waals surface area contributed by atoms with Crippen molar-refractivity contribution in [3.63, 3.8) is 0 Å². The summed E-state index contributed by atoms with van der Waals surface area (Å²) in [6, 6.07) is 14.1. The topological polar surface area (TPSA) is 62.1 Å². The third kappa shape index (κ3) is 3.28. The first-order valence-corrected chi connectivity index (χ1v) is 8.70. The van der Waals surface area contributed by atoms with E-state index in [4.69, 9.17) is 4.42 Å². The molecule has 0 radical (unpaired) electrons. The summed E-state index contributed by atoms with van der Waals surface area (Å²) >= 11 is 0. The second kappa shape index (κ2) is 6.69. The van der Waals surface area contributed by atoms with E-state index in [1.807, 2.05) is 37.3 Å². The number of hydrogen-bond acceptors (Lipinski definition) is 4. The van der Waals surface area contributed by atoms with Crippen LogP contribution in [0.15, 0.2) is 51.7 Å². The summed E-state index contributed by atoms with van der Waals surface area (Å²) in [5.74, 6) is 2.05. The van der Waals surface area contributed by atoms with Gasteiger partial charge in [-0.25, -0.2) is 4.98 Å². The van der Waals surface area contributed by atoms with Crippen LogP contribution in [0.1, 0.15) is 29.5 Å². The van der Waals surface area contributed by atoms with Crippen LogP contribution >= 0.6 is 0 Å². The van der Waals surface area contributed by atoms with Crippen LogP contribution in [-0.2, 0) is 25.9 Å². The van der Waals surface area contributed by atoms with Crippen LogP contribution < -0.4 is 5.56 Å². The molecule has 1 aliphatic rings. The molecule has 25 heavy (non-hydrogen) atoms. The third-order valence-corrected chi connectivity index (χ3v) is 4.64. The predicted molar refractivity (Wildman–Crippen MR) is 96.2 cm³/mol. The molecule has 4 rings (SSSR count). The first kappa shape index (κ1) is 15.8. The number of H-pyrrole nitrogens is 1. The Morgan fingerprint density at radius 2 is 2.04 bits per heavy atom. The fourth-order valence-electron chi connectivity index (χ4n) is 3.27. The fraction of sp³-hybridized carbons (Fsp3) is 0.300. The van der Waals surface area contributed by atoms with Crippen molar-refractivity contribution in [2.75, 3.05) is 6.54 Å². The lowest BCUT2D eigenvalue weighted by Gasteiger charge is -2.27. The molecular weight excluding hydrogens is 314 g/mol. The molecule has 0 aliphatic carbocycles. The molecule has 0 amide bonds. The average molecular weight is 335 g/mol. The number of benzene rings is 1. The zero-order chi connectivity index (χ0) is 17.2. The summed E-state index contributed by atoms with van der Waals surface area (Å²) in [5, 5.41) is 0. The quantitative estimate of drug-likeness (QED) is 0.795. The summed E-state index contributed by atoms with van der Waals surface area (Å²) in [6.07, 6.45) is 1.60. The standard InChI is InChI=1S/C20H21N3O2/c1-2-15-8-9-18(25-15)19-21-17-10-11-23(13-16(17)20(24)22-19)12-14-6-4-3-5-7-14/h3-9H,2,10-13H2,1H3,(H,21,22,24). The van der Waals surface area contributed by atoms with Crippen molar-refractivity contribution in [1.29, 1.82) is 0 Å². The van der Waals surface area contributed by atoms with Gasteiger partial charge in [0, 0.05) is 32.5 Å². The zero-order valence-corrected chi connectivity index (χ0v) is 14.3. The monoisotopic (exact) mass is 335 g/mol. The second-order valence-corrected chi connectivity index (χ2v) is 6.41. The molecule has 1 aliphatic heterocycles. The Bertz CT molecular complexity index is 928. The predicted octanol–water partition coefficient (Wildman–Crippen LogP) is 3.15. The number of rotatable bonds is 4. The molecule has 0 bridgehead atoms. The molecule has 0 unspecified atom stereocenters. The summed E-state index contributed by atoms with van der Waals surface area (Å²) < 4.78 is 5.72. The maximum atomic E-state index is 12.6. The van der Waals surface area contributed by atoms with E-state index < -0.39 is 0 Å². The third-order valence-electron chi connectivity index (χ3n) is 4.64. The number of aromatic amines is 1. The van der Waals surface area contributed by atoms with Gasteiger partial charge in [-0.05, 0) is 17.7 Å². The van der Waals surface area contributed by atoms with Crippen molar-refractivity contribution in [3.05, 3.63) is 75.4 Å². The number of nitrogens with zero attached hydrogens (tertiary/aromatic N) is 2. The molecule has 2 aromatic heterocycles. The van der Waals surface area contributed by atoms with Gasteiger partial charge >= 0.3 is 0 Å². The molecule has 5 heteroatoms. The highest BCUT2D eigenvalue weighted by Gasteiger charge is 2.22. The fourth-order valence-corrected chi connectivity index (χ4v) is 3.27. The molecule has 0 fully saturated rings. The lowest BCUT2D eigenvalue weighted by molar-refractivity contribution is 0.242. The minimum absolute atomic E-state index is 0.0628. The lowest BCUT2D eigenvalue weighted by Crippen LogP contribution is -2.35. The molecule has 0 saturated carbocycles. The van der Waals surface area contributed by atoms with E-state index in [2.05, 4.69) is 27.0 Å². The molecule has 0 saturated heterocycles. The second-order valence-electron chi connectivity index (χ2n) is 6.41. The van der Waals surface area contributed by atoms with Gasteiger partial charge in [0.2, 0.25) is 0 Å². The number of fused-ring (bicyclic) bond motifs is 1. The first-order chi connectivity index (χ1) is 12.2. The molecular formula is C20H21N3O2. The molecule has 5 nitrogen and oxygen atoms in total. The molecule has 3 heterocycles. The van der Waals surface area contributed by atoms with Gasteiger partial charge in [0.1, 0.15) is 5.76 Å². The van der Waals surface area contributed by atoms with E-state index in [0.29, 0.717) is 18.1 Å². The smallest absolute Gasteiger partial charge is 0.256 e. The van der Waals surface area contributed by atoms with E-state index in [1.165, 1.54) is 5.56 Å². The minimum Gasteiger partial charge on any atom is -0.458 e. The van der Waals surface area contributed by atoms with Crippen molar-refractivity contribution in [3.8, 4) is 11.6 Å². The van der Waals surface area contributed by atoms with E-state index in [9.17, 15) is 4.79 Å². The number of aromatic nitrogens is 2. The Balaban J connectivity index is 1.58. The van der Waals surface area contributed by atoms with Crippen LogP contribution in [-0.4, -0.2) is 21.4 Å². The number of aryl methyl sites for hydroxylation is 1. The first-order valence-electron chi connectivity index (χ1n) is 8.70. The number of furan rings is 1. The molecule has 0 spiro atoms. The summed E-state index contributed by atoms with van der Waals surface area (Å²) in [5.41, 5.74) is 2.85. The highest BCUT2D eigenvalue weighted by Crippen LogP contribution is 2.21. The molecule has 0 atom stereocenters. The van der Waals surface area contributed by atoms with Crippen molar-refractivity contribution in [2.24, 2.45) is 0 Å². The van der Waals surface area contributed by atoms with Gasteiger partial charge < -0.3 is 9.40 Å². The molecule has 3 aromatic rings. The van der Waals surface area contributed by atoms with E-state index in [0.717, 1.165) is 42.9 Å². The van der Waals surface area contributed by atoms with Gasteiger partial charge in [0.25, 0.3) is 5.56 Å². The van der Waals surface area contributed by atoms with Gasteiger partial charge in [-0.2, -0.15) is 0 Å². The maximum absolute atomic E-state index is 12.6. The zero-order valence-electron chi connectivity index (χ0n) is 14.3. The lowest BCUT2D eigenvalue weighted by atomic mass is 10.1. The van der Waals surface area contributed by atoms with Gasteiger partial charge in [0.05, 0.1) is 11.3 Å². The summed E-state index contributed by atoms with van der Waals surface area (Å²) in [4.78, 5) is 22.4. The summed E-state index contributed by atoms with van der Waals surface area (Å²) in [6.45, 7) is 4.41. The van der Waals surface area contributed by atoms with Crippen LogP contribution in [0.25, 0.3) is 11.6 Å². The van der Waals surface area contributed by atoms with Gasteiger partial charge in [-0.1, -0.05) is 37.3 Å². The van der Waals surface area contributed by atoms with Crippen LogP contribution in [0, 0.1) is 0 Å². The number of nitrogens with one attached hydrogen (secondary N) is 1. The molecule has 128 valence electrons. The van der Waals surface area contributed by atoms with Crippen LogP contribution in [0.4, 0.5) is 0 Å². The molecule has 1 aromatic carbocycles. The van der Waals surface area contributed by atoms with Crippen LogP contribution in [0.5, 0.6) is 0 Å². The Morgan fingerprint density at radius 3 is 2.80 bits per heavy atom. The van der Waals surface area contributed by atoms with Gasteiger partial charge in [0.15, 0.2) is 11.6 Å². The van der Waals surface area contributed by atoms with E-state index in [1.54, 1.807) is 0 Å². The van der Waals surface area contributed by atoms with Gasteiger partial charge in [-0.15, -0.1) is 0 Å². The number of hydrogen-bond donors (Lipinski definition) is 1. The Hall–Kier alpha value is -2.66. The summed E-state index contributed by atoms with van der Waals surface area (Å²) in [7, 11) is 0. The van der Waals surface area contributed by atoms with Crippen molar-refractivity contribution in [2.45, 2.75) is 32.9 Å². The van der Waals surface area contributed by atoms with Crippen molar-refractivity contribution < 1.29 is 4.42 Å². The Morgan fingerprint density at radius 1 is 1.20 bits per heavy atom. The van der Waals surface area contributed by atoms with Crippen molar-refractivity contribution in [1.82, 2.24) is 14.9 Å². The highest BCUT2D eigenvalue weighted by molar-refractivity contribution is 5.48. The van der Waals surface area contributed by atoms with Crippen molar-refractivity contribution >= 4 is 0 Å². The van der Waals surface area contributed by atoms with Crippen LogP contribution in [0.3, 0.4) is 0 Å². The highest BCUT2D eigenvalue weighted by atomic mass is 16.3. The van der Waals surface area contributed by atoms with Gasteiger partial charge in [-0.3, -0.25) is 9.69 Å². The Labute approximate surface area is 146 Å². The maximum Gasteiger partial charge on any atom is 0.256 e. The minimum atomic E-state index is -0.0628. The van der Waals surface area contributed by atoms with E-state index in [-0.39, 0.29) is 5.56 Å².